The van der Waals surface area contributed by atoms with Gasteiger partial charge >= 0.3 is 0 Å². The molecule has 0 heterocycles. The van der Waals surface area contributed by atoms with Crippen LogP contribution >= 0.6 is 0 Å². The van der Waals surface area contributed by atoms with Crippen LogP contribution in [0.1, 0.15) is 26.3 Å². The monoisotopic (exact) mass is 236 g/mol. The van der Waals surface area contributed by atoms with Gasteiger partial charge < -0.3 is 5.32 Å². The Morgan fingerprint density at radius 1 is 1.24 bits per heavy atom. The topological polar surface area (TPSA) is 50.4 Å². The highest BCUT2D eigenvalue weighted by Crippen LogP contribution is 1.99. The summed E-state index contributed by atoms with van der Waals surface area (Å²) in [6.45, 7) is 6.43. The van der Waals surface area contributed by atoms with Crippen LogP contribution in [-0.2, 0) is 16.2 Å². The van der Waals surface area contributed by atoms with Crippen molar-refractivity contribution >= 4 is 5.91 Å². The van der Waals surface area contributed by atoms with E-state index in [2.05, 4.69) is 10.8 Å². The van der Waals surface area contributed by atoms with E-state index in [9.17, 15) is 4.79 Å². The molecule has 0 saturated carbocycles. The molecule has 0 unspecified atom stereocenters. The lowest BCUT2D eigenvalue weighted by atomic mass is 10.1. The maximum Gasteiger partial charge on any atom is 0.236 e. The first kappa shape index (κ1) is 13.7. The molecule has 0 radical (unpaired) electrons. The smallest absolute Gasteiger partial charge is 0.236 e. The van der Waals surface area contributed by atoms with Crippen LogP contribution in [0.3, 0.4) is 0 Å². The first-order valence-electron chi connectivity index (χ1n) is 5.67. The number of hydrogen-bond donors (Lipinski definition) is 2. The van der Waals surface area contributed by atoms with Crippen molar-refractivity contribution in [1.29, 1.82) is 0 Å². The van der Waals surface area contributed by atoms with Crippen LogP contribution < -0.4 is 10.8 Å². The Morgan fingerprint density at radius 2 is 1.88 bits per heavy atom. The number of carbonyl (C=O) groups excluding carboxylic acids is 1. The second-order valence-electron chi connectivity index (χ2n) is 4.89. The van der Waals surface area contributed by atoms with E-state index in [-0.39, 0.29) is 18.0 Å². The Hall–Kier alpha value is -1.39. The second kappa shape index (κ2) is 6.37. The summed E-state index contributed by atoms with van der Waals surface area (Å²) in [7, 11) is 0. The van der Waals surface area contributed by atoms with Gasteiger partial charge in [0.2, 0.25) is 5.91 Å². The van der Waals surface area contributed by atoms with Gasteiger partial charge in [-0.05, 0) is 26.3 Å². The third-order valence-corrected chi connectivity index (χ3v) is 1.93. The maximum absolute atomic E-state index is 11.4. The van der Waals surface area contributed by atoms with Crippen LogP contribution in [0.2, 0.25) is 0 Å². The van der Waals surface area contributed by atoms with E-state index >= 15 is 0 Å². The Morgan fingerprint density at radius 3 is 2.47 bits per heavy atom. The van der Waals surface area contributed by atoms with Crippen LogP contribution in [0, 0.1) is 0 Å². The summed E-state index contributed by atoms with van der Waals surface area (Å²) >= 11 is 0. The molecule has 0 saturated heterocycles. The Bertz CT molecular complexity index is 344. The average Bonchev–Trinajstić information content (AvgIpc) is 2.23. The zero-order chi connectivity index (χ0) is 12.7. The lowest BCUT2D eigenvalue weighted by Gasteiger charge is -2.20. The Balaban J connectivity index is 2.14. The summed E-state index contributed by atoms with van der Waals surface area (Å²) in [5.41, 5.74) is 3.50. The molecule has 1 rings (SSSR count). The average molecular weight is 236 g/mol. The summed E-state index contributed by atoms with van der Waals surface area (Å²) in [5, 5.41) is 2.84. The molecule has 0 aliphatic rings. The predicted octanol–water partition coefficient (Wildman–Crippen LogP) is 1.62. The minimum Gasteiger partial charge on any atom is -0.350 e. The molecule has 4 nitrogen and oxygen atoms in total. The molecule has 1 aromatic rings. The van der Waals surface area contributed by atoms with Gasteiger partial charge in [-0.2, -0.15) is 5.48 Å². The number of rotatable bonds is 5. The van der Waals surface area contributed by atoms with Crippen LogP contribution in [-0.4, -0.2) is 18.0 Å². The minimum absolute atomic E-state index is 0.0782. The van der Waals surface area contributed by atoms with Gasteiger partial charge in [-0.1, -0.05) is 30.3 Å². The Kier molecular flexibility index (Phi) is 5.12. The number of amides is 1. The highest BCUT2D eigenvalue weighted by molar-refractivity contribution is 5.78. The fourth-order valence-electron chi connectivity index (χ4n) is 1.29. The van der Waals surface area contributed by atoms with E-state index in [1.807, 2.05) is 51.1 Å². The fraction of sp³-hybridized carbons (Fsp3) is 0.462. The van der Waals surface area contributed by atoms with Crippen molar-refractivity contribution in [1.82, 2.24) is 10.8 Å². The lowest BCUT2D eigenvalue weighted by molar-refractivity contribution is -0.124. The minimum atomic E-state index is -0.210. The van der Waals surface area contributed by atoms with Gasteiger partial charge in [0.25, 0.3) is 0 Å². The molecule has 0 atom stereocenters. The fourth-order valence-corrected chi connectivity index (χ4v) is 1.29. The van der Waals surface area contributed by atoms with Crippen molar-refractivity contribution < 1.29 is 9.63 Å². The largest absolute Gasteiger partial charge is 0.350 e. The highest BCUT2D eigenvalue weighted by atomic mass is 16.6. The number of nitrogens with one attached hydrogen (secondary N) is 2. The highest BCUT2D eigenvalue weighted by Gasteiger charge is 2.12. The van der Waals surface area contributed by atoms with Crippen molar-refractivity contribution in [3.05, 3.63) is 35.9 Å². The quantitative estimate of drug-likeness (QED) is 0.603. The number of carbonyl (C=O) groups is 1. The molecule has 4 heteroatoms. The van der Waals surface area contributed by atoms with Crippen molar-refractivity contribution in [3.63, 3.8) is 0 Å². The van der Waals surface area contributed by atoms with Crippen LogP contribution in [0.5, 0.6) is 0 Å². The molecule has 0 aromatic heterocycles. The van der Waals surface area contributed by atoms with E-state index in [0.717, 1.165) is 5.56 Å². The standard InChI is InChI=1S/C13H20N2O2/c1-13(2,3)15-12(16)9-14-17-10-11-7-5-4-6-8-11/h4-8,14H,9-10H2,1-3H3,(H,15,16). The maximum atomic E-state index is 11.4. The summed E-state index contributed by atoms with van der Waals surface area (Å²) in [4.78, 5) is 16.6. The molecule has 2 N–H and O–H groups in total. The molecule has 0 fully saturated rings. The molecule has 0 spiro atoms. The van der Waals surface area contributed by atoms with Crippen LogP contribution in [0.25, 0.3) is 0 Å². The molecule has 1 amide bonds. The van der Waals surface area contributed by atoms with Crippen molar-refractivity contribution in [2.75, 3.05) is 6.54 Å². The third kappa shape index (κ3) is 6.71. The molecule has 0 aliphatic carbocycles. The second-order valence-corrected chi connectivity index (χ2v) is 4.89. The van der Waals surface area contributed by atoms with E-state index in [1.54, 1.807) is 0 Å². The van der Waals surface area contributed by atoms with Gasteiger partial charge in [0.05, 0.1) is 13.2 Å². The predicted molar refractivity (Wildman–Crippen MR) is 67.1 cm³/mol. The van der Waals surface area contributed by atoms with E-state index in [4.69, 9.17) is 4.84 Å². The SMILES string of the molecule is CC(C)(C)NC(=O)CNOCc1ccccc1. The zero-order valence-corrected chi connectivity index (χ0v) is 10.6. The van der Waals surface area contributed by atoms with E-state index in [1.165, 1.54) is 0 Å². The van der Waals surface area contributed by atoms with Gasteiger partial charge in [0.1, 0.15) is 0 Å². The molecule has 0 bridgehead atoms. The zero-order valence-electron chi connectivity index (χ0n) is 10.6. The third-order valence-electron chi connectivity index (χ3n) is 1.93. The van der Waals surface area contributed by atoms with Gasteiger partial charge in [0.15, 0.2) is 0 Å². The summed E-state index contributed by atoms with van der Waals surface area (Å²) in [5.74, 6) is -0.0782. The number of benzene rings is 1. The Labute approximate surface area is 102 Å². The van der Waals surface area contributed by atoms with Crippen molar-refractivity contribution in [3.8, 4) is 0 Å². The normalized spacial score (nSPS) is 11.2. The van der Waals surface area contributed by atoms with Gasteiger partial charge in [-0.3, -0.25) is 9.63 Å². The molecule has 17 heavy (non-hydrogen) atoms. The first-order chi connectivity index (χ1) is 7.97. The van der Waals surface area contributed by atoms with E-state index < -0.39 is 0 Å². The number of hydrogen-bond acceptors (Lipinski definition) is 3. The van der Waals surface area contributed by atoms with E-state index in [0.29, 0.717) is 6.61 Å². The van der Waals surface area contributed by atoms with Crippen LogP contribution in [0.4, 0.5) is 0 Å². The molecule has 0 aliphatic heterocycles. The van der Waals surface area contributed by atoms with Crippen molar-refractivity contribution in [2.24, 2.45) is 0 Å². The van der Waals surface area contributed by atoms with Gasteiger partial charge in [-0.25, -0.2) is 0 Å². The first-order valence-corrected chi connectivity index (χ1v) is 5.67. The van der Waals surface area contributed by atoms with Crippen molar-refractivity contribution in [2.45, 2.75) is 32.9 Å². The summed E-state index contributed by atoms with van der Waals surface area (Å²) in [6, 6.07) is 9.79. The number of hydroxylamine groups is 1. The summed E-state index contributed by atoms with van der Waals surface area (Å²) in [6.07, 6.45) is 0. The summed E-state index contributed by atoms with van der Waals surface area (Å²) < 4.78 is 0. The molecular formula is C13H20N2O2. The molecule has 1 aromatic carbocycles. The van der Waals surface area contributed by atoms with Gasteiger partial charge in [0, 0.05) is 5.54 Å². The van der Waals surface area contributed by atoms with Crippen LogP contribution in [0.15, 0.2) is 30.3 Å². The lowest BCUT2D eigenvalue weighted by Crippen LogP contribution is -2.44. The van der Waals surface area contributed by atoms with Gasteiger partial charge in [-0.15, -0.1) is 0 Å². The molecule has 94 valence electrons. The molecular weight excluding hydrogens is 216 g/mol.